The first kappa shape index (κ1) is 16.7. The average molecular weight is 329 g/mol. The van der Waals surface area contributed by atoms with Crippen LogP contribution in [0, 0.1) is 0 Å². The van der Waals surface area contributed by atoms with Gasteiger partial charge in [0.15, 0.2) is 0 Å². The van der Waals surface area contributed by atoms with Crippen LogP contribution in [0.15, 0.2) is 30.5 Å². The number of nitrogens with zero attached hydrogens (tertiary/aromatic N) is 2. The van der Waals surface area contributed by atoms with Crippen LogP contribution in [0.1, 0.15) is 18.7 Å². The fourth-order valence-electron chi connectivity index (χ4n) is 2.81. The number of carbonyl (C=O) groups excluding carboxylic acids is 1. The Kier molecular flexibility index (Phi) is 5.61. The number of rotatable bonds is 7. The summed E-state index contributed by atoms with van der Waals surface area (Å²) in [6.07, 6.45) is 5.55. The van der Waals surface area contributed by atoms with E-state index in [1.807, 2.05) is 24.3 Å². The molecule has 0 bridgehead atoms. The zero-order valence-electron chi connectivity index (χ0n) is 14.0. The maximum atomic E-state index is 11.9. The van der Waals surface area contributed by atoms with Crippen molar-refractivity contribution in [1.29, 1.82) is 0 Å². The standard InChI is InChI=1S/C18H23N3O3/c1-23-9-10-24-13-18(22)19-15-6-4-5-14(11-15)16-12-21-8-3-2-7-17(21)20-16/h4-6,11-12H,2-3,7-10,13H2,1H3,(H,19,22). The predicted octanol–water partition coefficient (Wildman–Crippen LogP) is 2.49. The van der Waals surface area contributed by atoms with E-state index in [9.17, 15) is 4.79 Å². The smallest absolute Gasteiger partial charge is 0.250 e. The van der Waals surface area contributed by atoms with Gasteiger partial charge in [-0.05, 0) is 25.0 Å². The second kappa shape index (κ2) is 8.08. The molecule has 1 aliphatic rings. The van der Waals surface area contributed by atoms with E-state index in [0.29, 0.717) is 13.2 Å². The summed E-state index contributed by atoms with van der Waals surface area (Å²) in [5, 5.41) is 2.85. The van der Waals surface area contributed by atoms with Gasteiger partial charge in [-0.2, -0.15) is 0 Å². The van der Waals surface area contributed by atoms with Crippen molar-refractivity contribution in [2.45, 2.75) is 25.8 Å². The number of hydrogen-bond acceptors (Lipinski definition) is 4. The molecule has 1 N–H and O–H groups in total. The summed E-state index contributed by atoms with van der Waals surface area (Å²) in [5.74, 6) is 0.976. The van der Waals surface area contributed by atoms with Crippen molar-refractivity contribution >= 4 is 11.6 Å². The van der Waals surface area contributed by atoms with Crippen molar-refractivity contribution in [3.05, 3.63) is 36.3 Å². The lowest BCUT2D eigenvalue weighted by Crippen LogP contribution is -2.19. The van der Waals surface area contributed by atoms with Gasteiger partial charge in [0.25, 0.3) is 0 Å². The molecule has 3 rings (SSSR count). The number of aryl methyl sites for hydroxylation is 2. The van der Waals surface area contributed by atoms with Crippen LogP contribution in [0.2, 0.25) is 0 Å². The van der Waals surface area contributed by atoms with Crippen LogP contribution in [0.3, 0.4) is 0 Å². The van der Waals surface area contributed by atoms with Crippen molar-refractivity contribution in [2.24, 2.45) is 0 Å². The molecule has 1 aliphatic heterocycles. The van der Waals surface area contributed by atoms with Gasteiger partial charge in [-0.1, -0.05) is 12.1 Å². The number of methoxy groups -OCH3 is 1. The van der Waals surface area contributed by atoms with E-state index in [-0.39, 0.29) is 12.5 Å². The van der Waals surface area contributed by atoms with Crippen molar-refractivity contribution < 1.29 is 14.3 Å². The number of hydrogen-bond donors (Lipinski definition) is 1. The lowest BCUT2D eigenvalue weighted by Gasteiger charge is -2.11. The number of imidazole rings is 1. The third-order valence-corrected chi connectivity index (χ3v) is 4.02. The van der Waals surface area contributed by atoms with Gasteiger partial charge < -0.3 is 19.4 Å². The highest BCUT2D eigenvalue weighted by atomic mass is 16.5. The van der Waals surface area contributed by atoms with Crippen LogP contribution in [-0.4, -0.2) is 42.4 Å². The molecule has 2 aromatic rings. The fraction of sp³-hybridized carbons (Fsp3) is 0.444. The molecule has 1 amide bonds. The van der Waals surface area contributed by atoms with E-state index in [1.165, 1.54) is 12.8 Å². The minimum Gasteiger partial charge on any atom is -0.382 e. The lowest BCUT2D eigenvalue weighted by molar-refractivity contribution is -0.121. The second-order valence-electron chi connectivity index (χ2n) is 5.87. The second-order valence-corrected chi connectivity index (χ2v) is 5.87. The molecule has 0 radical (unpaired) electrons. The van der Waals surface area contributed by atoms with Crippen LogP contribution in [0.5, 0.6) is 0 Å². The maximum Gasteiger partial charge on any atom is 0.250 e. The first-order valence-electron chi connectivity index (χ1n) is 8.29. The Hall–Kier alpha value is -2.18. The van der Waals surface area contributed by atoms with Gasteiger partial charge in [-0.25, -0.2) is 4.98 Å². The quantitative estimate of drug-likeness (QED) is 0.793. The molecule has 6 nitrogen and oxygen atoms in total. The number of carbonyl (C=O) groups is 1. The molecule has 24 heavy (non-hydrogen) atoms. The van der Waals surface area contributed by atoms with E-state index < -0.39 is 0 Å². The Labute approximate surface area is 141 Å². The summed E-state index contributed by atoms with van der Waals surface area (Å²) in [6.45, 7) is 1.95. The molecule has 1 aromatic carbocycles. The minimum atomic E-state index is -0.174. The van der Waals surface area contributed by atoms with Gasteiger partial charge in [0.05, 0.1) is 18.9 Å². The van der Waals surface area contributed by atoms with Crippen LogP contribution in [0.4, 0.5) is 5.69 Å². The van der Waals surface area contributed by atoms with Crippen molar-refractivity contribution in [3.63, 3.8) is 0 Å². The monoisotopic (exact) mass is 329 g/mol. The average Bonchev–Trinajstić information content (AvgIpc) is 3.03. The zero-order chi connectivity index (χ0) is 16.8. The Morgan fingerprint density at radius 3 is 3.08 bits per heavy atom. The third kappa shape index (κ3) is 4.21. The number of aromatic nitrogens is 2. The topological polar surface area (TPSA) is 65.4 Å². The van der Waals surface area contributed by atoms with Crippen LogP contribution in [0.25, 0.3) is 11.3 Å². The molecule has 1 aromatic heterocycles. The molecule has 0 aliphatic carbocycles. The summed E-state index contributed by atoms with van der Waals surface area (Å²) in [6, 6.07) is 7.75. The molecule has 0 atom stereocenters. The maximum absolute atomic E-state index is 11.9. The molecular formula is C18H23N3O3. The van der Waals surface area contributed by atoms with Crippen molar-refractivity contribution in [3.8, 4) is 11.3 Å². The number of amides is 1. The first-order chi connectivity index (χ1) is 11.8. The van der Waals surface area contributed by atoms with Gasteiger partial charge in [-0.3, -0.25) is 4.79 Å². The molecule has 6 heteroatoms. The van der Waals surface area contributed by atoms with Gasteiger partial charge >= 0.3 is 0 Å². The number of anilines is 1. The highest BCUT2D eigenvalue weighted by Gasteiger charge is 2.13. The number of fused-ring (bicyclic) bond motifs is 1. The number of nitrogens with one attached hydrogen (secondary N) is 1. The molecular weight excluding hydrogens is 306 g/mol. The molecule has 0 fully saturated rings. The Morgan fingerprint density at radius 1 is 1.33 bits per heavy atom. The molecule has 0 saturated carbocycles. The zero-order valence-corrected chi connectivity index (χ0v) is 14.0. The summed E-state index contributed by atoms with van der Waals surface area (Å²) in [7, 11) is 1.60. The van der Waals surface area contributed by atoms with E-state index in [4.69, 9.17) is 14.5 Å². The molecule has 0 unspecified atom stereocenters. The minimum absolute atomic E-state index is 0.0202. The van der Waals surface area contributed by atoms with Gasteiger partial charge in [-0.15, -0.1) is 0 Å². The predicted molar refractivity (Wildman–Crippen MR) is 91.9 cm³/mol. The molecule has 128 valence electrons. The molecule has 0 spiro atoms. The van der Waals surface area contributed by atoms with E-state index in [0.717, 1.165) is 35.7 Å². The fourth-order valence-corrected chi connectivity index (χ4v) is 2.81. The summed E-state index contributed by atoms with van der Waals surface area (Å²) in [5.41, 5.74) is 2.72. The summed E-state index contributed by atoms with van der Waals surface area (Å²) >= 11 is 0. The largest absolute Gasteiger partial charge is 0.382 e. The van der Waals surface area contributed by atoms with E-state index in [1.54, 1.807) is 7.11 Å². The van der Waals surface area contributed by atoms with Crippen molar-refractivity contribution in [1.82, 2.24) is 9.55 Å². The van der Waals surface area contributed by atoms with Crippen molar-refractivity contribution in [2.75, 3.05) is 32.2 Å². The van der Waals surface area contributed by atoms with E-state index >= 15 is 0 Å². The summed E-state index contributed by atoms with van der Waals surface area (Å²) in [4.78, 5) is 16.6. The normalized spacial score (nSPS) is 13.5. The number of benzene rings is 1. The van der Waals surface area contributed by atoms with Gasteiger partial charge in [0.2, 0.25) is 5.91 Å². The third-order valence-electron chi connectivity index (χ3n) is 4.02. The summed E-state index contributed by atoms with van der Waals surface area (Å²) < 4.78 is 12.3. The lowest BCUT2D eigenvalue weighted by atomic mass is 10.1. The van der Waals surface area contributed by atoms with E-state index in [2.05, 4.69) is 16.1 Å². The Morgan fingerprint density at radius 2 is 2.25 bits per heavy atom. The van der Waals surface area contributed by atoms with Gasteiger partial charge in [0.1, 0.15) is 12.4 Å². The SMILES string of the molecule is COCCOCC(=O)Nc1cccc(-c2cn3c(n2)CCCC3)c1. The highest BCUT2D eigenvalue weighted by molar-refractivity contribution is 5.92. The highest BCUT2D eigenvalue weighted by Crippen LogP contribution is 2.24. The van der Waals surface area contributed by atoms with Crippen LogP contribution >= 0.6 is 0 Å². The molecule has 0 saturated heterocycles. The Balaban J connectivity index is 1.63. The number of ether oxygens (including phenoxy) is 2. The van der Waals surface area contributed by atoms with Gasteiger partial charge in [0, 0.05) is 37.5 Å². The Bertz CT molecular complexity index is 673. The van der Waals surface area contributed by atoms with Crippen LogP contribution in [-0.2, 0) is 27.2 Å². The molecule has 2 heterocycles. The van der Waals surface area contributed by atoms with Crippen LogP contribution < -0.4 is 5.32 Å². The first-order valence-corrected chi connectivity index (χ1v) is 8.29.